The highest BCUT2D eigenvalue weighted by Gasteiger charge is 2.04. The highest BCUT2D eigenvalue weighted by Crippen LogP contribution is 2.11. The van der Waals surface area contributed by atoms with Crippen molar-refractivity contribution in [2.75, 3.05) is 7.11 Å². The van der Waals surface area contributed by atoms with Crippen molar-refractivity contribution in [3.8, 4) is 5.75 Å². The van der Waals surface area contributed by atoms with Crippen LogP contribution in [0, 0.1) is 0 Å². The topological polar surface area (TPSA) is 55.6 Å². The Kier molecular flexibility index (Phi) is 4.77. The van der Waals surface area contributed by atoms with Crippen LogP contribution in [-0.4, -0.2) is 23.8 Å². The van der Waals surface area contributed by atoms with Crippen molar-refractivity contribution in [2.24, 2.45) is 5.10 Å². The van der Waals surface area contributed by atoms with E-state index < -0.39 is 0 Å². The minimum atomic E-state index is -0.253. The fourth-order valence-electron chi connectivity index (χ4n) is 1.80. The van der Waals surface area contributed by atoms with E-state index in [1.165, 1.54) is 0 Å². The summed E-state index contributed by atoms with van der Waals surface area (Å²) in [6.45, 7) is 4.21. The molecule has 21 heavy (non-hydrogen) atoms. The zero-order valence-electron chi connectivity index (χ0n) is 12.4. The Morgan fingerprint density at radius 1 is 1.29 bits per heavy atom. The number of nitrogens with zero attached hydrogens (tertiary/aromatic N) is 2. The van der Waals surface area contributed by atoms with Gasteiger partial charge < -0.3 is 9.30 Å². The molecule has 110 valence electrons. The minimum absolute atomic E-state index is 0.253. The predicted octanol–water partition coefficient (Wildman–Crippen LogP) is 2.84. The van der Waals surface area contributed by atoms with Gasteiger partial charge in [-0.25, -0.2) is 5.43 Å². The highest BCUT2D eigenvalue weighted by atomic mass is 16.5. The SMILES string of the molecule is COc1ccc(C(=O)N/N=C\c2ccn(C(C)C)c2)cc1. The van der Waals surface area contributed by atoms with Crippen LogP contribution in [0.25, 0.3) is 0 Å². The van der Waals surface area contributed by atoms with E-state index in [9.17, 15) is 4.79 Å². The van der Waals surface area contributed by atoms with Crippen LogP contribution < -0.4 is 10.2 Å². The molecular formula is C16H19N3O2. The van der Waals surface area contributed by atoms with Gasteiger partial charge in [-0.15, -0.1) is 0 Å². The van der Waals surface area contributed by atoms with Gasteiger partial charge in [-0.05, 0) is 44.2 Å². The summed E-state index contributed by atoms with van der Waals surface area (Å²) in [7, 11) is 1.59. The molecule has 1 N–H and O–H groups in total. The molecule has 0 aliphatic heterocycles. The van der Waals surface area contributed by atoms with E-state index in [1.807, 2.05) is 18.5 Å². The number of amides is 1. The number of hydrogen-bond donors (Lipinski definition) is 1. The van der Waals surface area contributed by atoms with Crippen molar-refractivity contribution in [2.45, 2.75) is 19.9 Å². The first-order chi connectivity index (χ1) is 10.1. The lowest BCUT2D eigenvalue weighted by molar-refractivity contribution is 0.0955. The average molecular weight is 285 g/mol. The summed E-state index contributed by atoms with van der Waals surface area (Å²) in [5.41, 5.74) is 3.98. The lowest BCUT2D eigenvalue weighted by Gasteiger charge is -2.04. The number of hydrogen-bond acceptors (Lipinski definition) is 3. The second-order valence-electron chi connectivity index (χ2n) is 4.91. The van der Waals surface area contributed by atoms with E-state index in [1.54, 1.807) is 37.6 Å². The average Bonchev–Trinajstić information content (AvgIpc) is 2.96. The second-order valence-corrected chi connectivity index (χ2v) is 4.91. The molecule has 0 aliphatic rings. The molecule has 1 aromatic heterocycles. The number of nitrogens with one attached hydrogen (secondary N) is 1. The van der Waals surface area contributed by atoms with Crippen LogP contribution in [0.15, 0.2) is 47.8 Å². The van der Waals surface area contributed by atoms with Gasteiger partial charge in [0.2, 0.25) is 0 Å². The predicted molar refractivity (Wildman–Crippen MR) is 82.9 cm³/mol. The molecule has 5 nitrogen and oxygen atoms in total. The molecule has 0 radical (unpaired) electrons. The van der Waals surface area contributed by atoms with E-state index >= 15 is 0 Å². The van der Waals surface area contributed by atoms with E-state index in [0.717, 1.165) is 5.56 Å². The van der Waals surface area contributed by atoms with Gasteiger partial charge in [0.25, 0.3) is 5.91 Å². The van der Waals surface area contributed by atoms with E-state index in [2.05, 4.69) is 28.9 Å². The number of rotatable bonds is 5. The third kappa shape index (κ3) is 3.95. The number of hydrazone groups is 1. The van der Waals surface area contributed by atoms with E-state index in [0.29, 0.717) is 17.4 Å². The molecule has 1 heterocycles. The Labute approximate surface area is 124 Å². The smallest absolute Gasteiger partial charge is 0.271 e. The maximum absolute atomic E-state index is 11.9. The summed E-state index contributed by atoms with van der Waals surface area (Å²) in [6, 6.07) is 9.21. The summed E-state index contributed by atoms with van der Waals surface area (Å²) in [5.74, 6) is 0.460. The first-order valence-corrected chi connectivity index (χ1v) is 6.75. The first-order valence-electron chi connectivity index (χ1n) is 6.75. The summed E-state index contributed by atoms with van der Waals surface area (Å²) >= 11 is 0. The zero-order valence-corrected chi connectivity index (χ0v) is 12.4. The van der Waals surface area contributed by atoms with Crippen LogP contribution in [-0.2, 0) is 0 Å². The Hall–Kier alpha value is -2.56. The lowest BCUT2D eigenvalue weighted by atomic mass is 10.2. The Bertz CT molecular complexity index is 627. The van der Waals surface area contributed by atoms with Crippen LogP contribution in [0.4, 0.5) is 0 Å². The normalized spacial score (nSPS) is 11.0. The first kappa shape index (κ1) is 14.8. The van der Waals surface area contributed by atoms with Gasteiger partial charge in [-0.1, -0.05) is 0 Å². The van der Waals surface area contributed by atoms with Gasteiger partial charge in [-0.3, -0.25) is 4.79 Å². The molecular weight excluding hydrogens is 266 g/mol. The fraction of sp³-hybridized carbons (Fsp3) is 0.250. The van der Waals surface area contributed by atoms with E-state index in [-0.39, 0.29) is 5.91 Å². The van der Waals surface area contributed by atoms with Gasteiger partial charge in [0.05, 0.1) is 13.3 Å². The van der Waals surface area contributed by atoms with Crippen molar-refractivity contribution < 1.29 is 9.53 Å². The number of carbonyl (C=O) groups is 1. The number of carbonyl (C=O) groups excluding carboxylic acids is 1. The van der Waals surface area contributed by atoms with Crippen LogP contribution >= 0.6 is 0 Å². The highest BCUT2D eigenvalue weighted by molar-refractivity contribution is 5.94. The quantitative estimate of drug-likeness (QED) is 0.678. The molecule has 0 spiro atoms. The van der Waals surface area contributed by atoms with Crippen molar-refractivity contribution in [1.29, 1.82) is 0 Å². The summed E-state index contributed by atoms with van der Waals surface area (Å²) in [5, 5.41) is 3.96. The fourth-order valence-corrected chi connectivity index (χ4v) is 1.80. The van der Waals surface area contributed by atoms with Crippen LogP contribution in [0.1, 0.15) is 35.8 Å². The summed E-state index contributed by atoms with van der Waals surface area (Å²) < 4.78 is 7.12. The Morgan fingerprint density at radius 3 is 2.57 bits per heavy atom. The van der Waals surface area contributed by atoms with Gasteiger partial charge in [0.15, 0.2) is 0 Å². The summed E-state index contributed by atoms with van der Waals surface area (Å²) in [6.07, 6.45) is 5.59. The maximum Gasteiger partial charge on any atom is 0.271 e. The van der Waals surface area contributed by atoms with Crippen LogP contribution in [0.3, 0.4) is 0 Å². The van der Waals surface area contributed by atoms with Crippen LogP contribution in [0.5, 0.6) is 5.75 Å². The third-order valence-corrected chi connectivity index (χ3v) is 3.07. The number of benzene rings is 1. The van der Waals surface area contributed by atoms with Crippen molar-refractivity contribution in [3.05, 3.63) is 53.9 Å². The molecule has 1 amide bonds. The molecule has 2 aromatic rings. The Balaban J connectivity index is 1.94. The third-order valence-electron chi connectivity index (χ3n) is 3.07. The van der Waals surface area contributed by atoms with Crippen LogP contribution in [0.2, 0.25) is 0 Å². The molecule has 0 unspecified atom stereocenters. The molecule has 0 atom stereocenters. The number of aromatic nitrogens is 1. The number of ether oxygens (including phenoxy) is 1. The van der Waals surface area contributed by atoms with Crippen molar-refractivity contribution >= 4 is 12.1 Å². The maximum atomic E-state index is 11.9. The van der Waals surface area contributed by atoms with Gasteiger partial charge in [-0.2, -0.15) is 5.10 Å². The van der Waals surface area contributed by atoms with Gasteiger partial charge in [0, 0.05) is 29.6 Å². The molecule has 2 rings (SSSR count). The Morgan fingerprint density at radius 2 is 2.00 bits per heavy atom. The largest absolute Gasteiger partial charge is 0.497 e. The molecule has 0 fully saturated rings. The molecule has 0 aliphatic carbocycles. The lowest BCUT2D eigenvalue weighted by Crippen LogP contribution is -2.17. The molecule has 0 saturated heterocycles. The number of methoxy groups -OCH3 is 1. The van der Waals surface area contributed by atoms with Crippen molar-refractivity contribution in [1.82, 2.24) is 9.99 Å². The molecule has 1 aromatic carbocycles. The monoisotopic (exact) mass is 285 g/mol. The molecule has 0 saturated carbocycles. The minimum Gasteiger partial charge on any atom is -0.497 e. The van der Waals surface area contributed by atoms with Crippen molar-refractivity contribution in [3.63, 3.8) is 0 Å². The summed E-state index contributed by atoms with van der Waals surface area (Å²) in [4.78, 5) is 11.9. The second kappa shape index (κ2) is 6.74. The zero-order chi connectivity index (χ0) is 15.2. The molecule has 0 bridgehead atoms. The molecule has 5 heteroatoms. The standard InChI is InChI=1S/C16H19N3O2/c1-12(2)19-9-8-13(11-19)10-17-18-16(20)14-4-6-15(21-3)7-5-14/h4-12H,1-3H3,(H,18,20)/b17-10-. The van der Waals surface area contributed by atoms with Gasteiger partial charge >= 0.3 is 0 Å². The van der Waals surface area contributed by atoms with E-state index in [4.69, 9.17) is 4.74 Å². The van der Waals surface area contributed by atoms with Gasteiger partial charge in [0.1, 0.15) is 5.75 Å².